The maximum atomic E-state index is 10.6. The molecule has 1 unspecified atom stereocenters. The van der Waals surface area contributed by atoms with Gasteiger partial charge in [-0.25, -0.2) is 0 Å². The van der Waals surface area contributed by atoms with E-state index in [1.807, 2.05) is 18.2 Å². The number of carbonyl (C=O) groups excluding carboxylic acids is 1. The summed E-state index contributed by atoms with van der Waals surface area (Å²) in [6.07, 6.45) is 2.04. The summed E-state index contributed by atoms with van der Waals surface area (Å²) in [5, 5.41) is 0. The fourth-order valence-corrected chi connectivity index (χ4v) is 2.30. The van der Waals surface area contributed by atoms with Crippen molar-refractivity contribution in [3.05, 3.63) is 28.2 Å². The summed E-state index contributed by atoms with van der Waals surface area (Å²) < 4.78 is 0.975. The van der Waals surface area contributed by atoms with Crippen LogP contribution >= 0.6 is 15.9 Å². The summed E-state index contributed by atoms with van der Waals surface area (Å²) >= 11 is 3.50. The highest BCUT2D eigenvalue weighted by atomic mass is 79.9. The number of aldehydes is 1. The summed E-state index contributed by atoms with van der Waals surface area (Å²) in [7, 11) is 2.08. The lowest BCUT2D eigenvalue weighted by atomic mass is 10.1. The molecule has 0 radical (unpaired) electrons. The standard InChI is InChI=1S/C13H18BrNO/c1-4-10(2)8-15(3)13-6-5-11(9-16)7-12(13)14/h5-7,9-10H,4,8H2,1-3H3. The highest BCUT2D eigenvalue weighted by Crippen LogP contribution is 2.26. The number of hydrogen-bond acceptors (Lipinski definition) is 2. The van der Waals surface area contributed by atoms with Crippen LogP contribution in [0.4, 0.5) is 5.69 Å². The summed E-state index contributed by atoms with van der Waals surface area (Å²) in [5.41, 5.74) is 1.83. The zero-order valence-corrected chi connectivity index (χ0v) is 11.6. The van der Waals surface area contributed by atoms with Crippen molar-refractivity contribution in [3.8, 4) is 0 Å². The molecule has 3 heteroatoms. The lowest BCUT2D eigenvalue weighted by molar-refractivity contribution is 0.112. The Bertz CT molecular complexity index is 365. The molecule has 0 bridgehead atoms. The van der Waals surface area contributed by atoms with E-state index >= 15 is 0 Å². The van der Waals surface area contributed by atoms with Crippen molar-refractivity contribution in [1.29, 1.82) is 0 Å². The SMILES string of the molecule is CCC(C)CN(C)c1ccc(C=O)cc1Br. The van der Waals surface area contributed by atoms with Gasteiger partial charge >= 0.3 is 0 Å². The Morgan fingerprint density at radius 2 is 2.19 bits per heavy atom. The van der Waals surface area contributed by atoms with E-state index in [0.717, 1.165) is 23.0 Å². The number of nitrogens with zero attached hydrogens (tertiary/aromatic N) is 1. The minimum atomic E-state index is 0.669. The second-order valence-electron chi connectivity index (χ2n) is 4.22. The van der Waals surface area contributed by atoms with Crippen LogP contribution in [0.3, 0.4) is 0 Å². The monoisotopic (exact) mass is 283 g/mol. The molecule has 88 valence electrons. The Kier molecular flexibility index (Phi) is 5.00. The average molecular weight is 284 g/mol. The molecule has 1 atom stereocenters. The van der Waals surface area contributed by atoms with Crippen LogP contribution in [0.2, 0.25) is 0 Å². The third kappa shape index (κ3) is 3.34. The first-order chi connectivity index (χ1) is 7.58. The quantitative estimate of drug-likeness (QED) is 0.768. The molecular formula is C13H18BrNO. The molecule has 0 saturated heterocycles. The predicted octanol–water partition coefficient (Wildman–Crippen LogP) is 3.74. The molecule has 0 N–H and O–H groups in total. The van der Waals surface area contributed by atoms with Gasteiger partial charge in [-0.2, -0.15) is 0 Å². The number of anilines is 1. The molecule has 16 heavy (non-hydrogen) atoms. The first-order valence-corrected chi connectivity index (χ1v) is 6.33. The summed E-state index contributed by atoms with van der Waals surface area (Å²) in [4.78, 5) is 12.8. The molecule has 0 saturated carbocycles. The maximum absolute atomic E-state index is 10.6. The summed E-state index contributed by atoms with van der Waals surface area (Å²) in [6.45, 7) is 5.46. The van der Waals surface area contributed by atoms with Crippen molar-refractivity contribution >= 4 is 27.9 Å². The van der Waals surface area contributed by atoms with Crippen LogP contribution in [0.25, 0.3) is 0 Å². The molecule has 0 aliphatic heterocycles. The van der Waals surface area contributed by atoms with E-state index in [9.17, 15) is 4.79 Å². The van der Waals surface area contributed by atoms with E-state index in [2.05, 4.69) is 41.7 Å². The van der Waals surface area contributed by atoms with Crippen molar-refractivity contribution < 1.29 is 4.79 Å². The molecule has 0 aliphatic rings. The van der Waals surface area contributed by atoms with Gasteiger partial charge in [0.05, 0.1) is 5.69 Å². The second-order valence-corrected chi connectivity index (χ2v) is 5.08. The van der Waals surface area contributed by atoms with Crippen molar-refractivity contribution in [2.75, 3.05) is 18.5 Å². The predicted molar refractivity (Wildman–Crippen MR) is 72.3 cm³/mol. The van der Waals surface area contributed by atoms with Crippen molar-refractivity contribution in [3.63, 3.8) is 0 Å². The van der Waals surface area contributed by atoms with E-state index in [-0.39, 0.29) is 0 Å². The van der Waals surface area contributed by atoms with Gasteiger partial charge in [-0.05, 0) is 40.0 Å². The Hall–Kier alpha value is -0.830. The maximum Gasteiger partial charge on any atom is 0.150 e. The van der Waals surface area contributed by atoms with Gasteiger partial charge in [0.2, 0.25) is 0 Å². The fourth-order valence-electron chi connectivity index (χ4n) is 1.60. The van der Waals surface area contributed by atoms with Crippen molar-refractivity contribution in [2.24, 2.45) is 5.92 Å². The number of carbonyl (C=O) groups is 1. The number of benzene rings is 1. The van der Waals surface area contributed by atoms with Gasteiger partial charge < -0.3 is 4.90 Å². The van der Waals surface area contributed by atoms with Crippen LogP contribution in [0.5, 0.6) is 0 Å². The van der Waals surface area contributed by atoms with Gasteiger partial charge in [-0.15, -0.1) is 0 Å². The normalized spacial score (nSPS) is 12.2. The third-order valence-electron chi connectivity index (χ3n) is 2.80. The van der Waals surface area contributed by atoms with E-state index < -0.39 is 0 Å². The minimum Gasteiger partial charge on any atom is -0.373 e. The second kappa shape index (κ2) is 6.04. The molecular weight excluding hydrogens is 266 g/mol. The summed E-state index contributed by atoms with van der Waals surface area (Å²) in [5.74, 6) is 0.669. The Morgan fingerprint density at radius 1 is 1.50 bits per heavy atom. The number of hydrogen-bond donors (Lipinski definition) is 0. The first kappa shape index (κ1) is 13.2. The van der Waals surface area contributed by atoms with E-state index in [4.69, 9.17) is 0 Å². The number of rotatable bonds is 5. The average Bonchev–Trinajstić information content (AvgIpc) is 2.28. The molecule has 0 heterocycles. The van der Waals surface area contributed by atoms with Crippen LogP contribution < -0.4 is 4.90 Å². The Balaban J connectivity index is 2.83. The van der Waals surface area contributed by atoms with E-state index in [0.29, 0.717) is 11.5 Å². The minimum absolute atomic E-state index is 0.669. The molecule has 0 amide bonds. The molecule has 0 aromatic heterocycles. The molecule has 0 fully saturated rings. The Labute approximate surface area is 106 Å². The molecule has 1 rings (SSSR count). The van der Waals surface area contributed by atoms with Crippen LogP contribution in [0.15, 0.2) is 22.7 Å². The zero-order chi connectivity index (χ0) is 12.1. The first-order valence-electron chi connectivity index (χ1n) is 5.54. The van der Waals surface area contributed by atoms with Crippen molar-refractivity contribution in [2.45, 2.75) is 20.3 Å². The van der Waals surface area contributed by atoms with Gasteiger partial charge in [0, 0.05) is 23.6 Å². The van der Waals surface area contributed by atoms with Crippen LogP contribution in [0, 0.1) is 5.92 Å². The number of halogens is 1. The molecule has 1 aromatic rings. The van der Waals surface area contributed by atoms with Gasteiger partial charge in [0.15, 0.2) is 0 Å². The van der Waals surface area contributed by atoms with Crippen LogP contribution in [-0.2, 0) is 0 Å². The molecule has 0 spiro atoms. The van der Waals surface area contributed by atoms with Gasteiger partial charge in [0.1, 0.15) is 6.29 Å². The highest BCUT2D eigenvalue weighted by molar-refractivity contribution is 9.10. The molecule has 0 aliphatic carbocycles. The highest BCUT2D eigenvalue weighted by Gasteiger charge is 2.09. The van der Waals surface area contributed by atoms with Gasteiger partial charge in [-0.1, -0.05) is 20.3 Å². The van der Waals surface area contributed by atoms with Crippen molar-refractivity contribution in [1.82, 2.24) is 0 Å². The molecule has 1 aromatic carbocycles. The van der Waals surface area contributed by atoms with E-state index in [1.165, 1.54) is 6.42 Å². The Morgan fingerprint density at radius 3 is 2.69 bits per heavy atom. The fraction of sp³-hybridized carbons (Fsp3) is 0.462. The van der Waals surface area contributed by atoms with Crippen LogP contribution in [-0.4, -0.2) is 19.9 Å². The van der Waals surface area contributed by atoms with Gasteiger partial charge in [-0.3, -0.25) is 4.79 Å². The summed E-state index contributed by atoms with van der Waals surface area (Å²) in [6, 6.07) is 5.69. The van der Waals surface area contributed by atoms with Crippen LogP contribution in [0.1, 0.15) is 30.6 Å². The largest absolute Gasteiger partial charge is 0.373 e. The zero-order valence-electron chi connectivity index (χ0n) is 10.0. The topological polar surface area (TPSA) is 20.3 Å². The third-order valence-corrected chi connectivity index (χ3v) is 3.44. The lowest BCUT2D eigenvalue weighted by Crippen LogP contribution is -2.23. The van der Waals surface area contributed by atoms with Gasteiger partial charge in [0.25, 0.3) is 0 Å². The smallest absolute Gasteiger partial charge is 0.150 e. The van der Waals surface area contributed by atoms with E-state index in [1.54, 1.807) is 0 Å². The molecule has 2 nitrogen and oxygen atoms in total. The lowest BCUT2D eigenvalue weighted by Gasteiger charge is -2.24.